The maximum atomic E-state index is 12.7. The Morgan fingerprint density at radius 1 is 0.862 bits per heavy atom. The molecule has 0 bridgehead atoms. The molecule has 174 valence electrons. The highest BCUT2D eigenvalue weighted by Crippen LogP contribution is 2.15. The molecule has 0 aliphatic carbocycles. The lowest BCUT2D eigenvalue weighted by Crippen LogP contribution is -2.58. The number of aliphatic carboxylic acids is 1. The maximum absolute atomic E-state index is 12.7. The molecule has 3 fully saturated rings. The van der Waals surface area contributed by atoms with Crippen LogP contribution in [0, 0.1) is 0 Å². The van der Waals surface area contributed by atoms with E-state index in [-0.39, 0.29) is 68.0 Å². The number of nitrogens with one attached hydrogen (secondary N) is 2. The first-order chi connectivity index (χ1) is 12.1. The standard InChI is InChI=1S/C17H31N5O3.4ClH/c23-16(22-6-5-19-12-15(22)11-17(24)25)13-20-7-9-21(10-8-20)14-1-3-18-4-2-14;;;;/h14-15,18-19H,1-13H2,(H,24,25);4*1H. The third kappa shape index (κ3) is 9.31. The van der Waals surface area contributed by atoms with E-state index in [1.807, 2.05) is 0 Å². The first kappa shape index (κ1) is 31.1. The van der Waals surface area contributed by atoms with Crippen molar-refractivity contribution in [3.8, 4) is 0 Å². The SMILES string of the molecule is Cl.Cl.Cl.Cl.O=C(O)CC1CNCCN1C(=O)CN1CCN(C2CCNCC2)CC1. The molecule has 3 heterocycles. The predicted octanol–water partition coefficient (Wildman–Crippen LogP) is 0.318. The van der Waals surface area contributed by atoms with Gasteiger partial charge in [-0.15, -0.1) is 49.6 Å². The van der Waals surface area contributed by atoms with Crippen LogP contribution in [0.1, 0.15) is 19.3 Å². The molecule has 3 N–H and O–H groups in total. The van der Waals surface area contributed by atoms with Crippen LogP contribution >= 0.6 is 49.6 Å². The predicted molar refractivity (Wildman–Crippen MR) is 124 cm³/mol. The zero-order chi connectivity index (χ0) is 17.6. The number of carbonyl (C=O) groups is 2. The van der Waals surface area contributed by atoms with E-state index in [0.717, 1.165) is 45.8 Å². The number of carboxylic acids is 1. The number of rotatable bonds is 5. The normalized spacial score (nSPS) is 23.6. The molecule has 0 aromatic carbocycles. The molecule has 3 aliphatic heterocycles. The van der Waals surface area contributed by atoms with Gasteiger partial charge in [-0.05, 0) is 25.9 Å². The van der Waals surface area contributed by atoms with E-state index in [2.05, 4.69) is 20.4 Å². The summed E-state index contributed by atoms with van der Waals surface area (Å²) in [6.45, 7) is 8.44. The van der Waals surface area contributed by atoms with Crippen LogP contribution in [0.15, 0.2) is 0 Å². The monoisotopic (exact) mass is 497 g/mol. The number of piperazine rings is 2. The largest absolute Gasteiger partial charge is 0.481 e. The number of halogens is 4. The Morgan fingerprint density at radius 2 is 1.48 bits per heavy atom. The zero-order valence-electron chi connectivity index (χ0n) is 16.6. The van der Waals surface area contributed by atoms with Gasteiger partial charge in [-0.2, -0.15) is 0 Å². The van der Waals surface area contributed by atoms with Crippen molar-refractivity contribution in [1.82, 2.24) is 25.3 Å². The van der Waals surface area contributed by atoms with Crippen molar-refractivity contribution in [1.29, 1.82) is 0 Å². The number of carboxylic acid groups (broad SMARTS) is 1. The van der Waals surface area contributed by atoms with Crippen LogP contribution in [-0.2, 0) is 9.59 Å². The Kier molecular flexibility index (Phi) is 16.9. The molecule has 12 heteroatoms. The van der Waals surface area contributed by atoms with Gasteiger partial charge in [0.2, 0.25) is 5.91 Å². The van der Waals surface area contributed by atoms with Crippen molar-refractivity contribution < 1.29 is 14.7 Å². The van der Waals surface area contributed by atoms with Gasteiger partial charge >= 0.3 is 5.97 Å². The van der Waals surface area contributed by atoms with Gasteiger partial charge in [-0.1, -0.05) is 0 Å². The molecule has 1 unspecified atom stereocenters. The van der Waals surface area contributed by atoms with Crippen LogP contribution < -0.4 is 10.6 Å². The molecule has 29 heavy (non-hydrogen) atoms. The van der Waals surface area contributed by atoms with Crippen LogP contribution in [0.25, 0.3) is 0 Å². The number of hydrogen-bond acceptors (Lipinski definition) is 6. The summed E-state index contributed by atoms with van der Waals surface area (Å²) in [4.78, 5) is 30.3. The summed E-state index contributed by atoms with van der Waals surface area (Å²) in [5.41, 5.74) is 0. The minimum Gasteiger partial charge on any atom is -0.481 e. The van der Waals surface area contributed by atoms with E-state index < -0.39 is 5.97 Å². The Hall–Kier alpha value is -0.0600. The average molecular weight is 499 g/mol. The highest BCUT2D eigenvalue weighted by Gasteiger charge is 2.31. The quantitative estimate of drug-likeness (QED) is 0.503. The molecule has 1 amide bonds. The number of piperidine rings is 1. The summed E-state index contributed by atoms with van der Waals surface area (Å²) >= 11 is 0. The van der Waals surface area contributed by atoms with E-state index >= 15 is 0 Å². The highest BCUT2D eigenvalue weighted by atomic mass is 35.5. The molecule has 3 aliphatic rings. The van der Waals surface area contributed by atoms with Crippen LogP contribution in [0.2, 0.25) is 0 Å². The molecule has 0 spiro atoms. The molecule has 0 aromatic heterocycles. The molecule has 0 saturated carbocycles. The Balaban J connectivity index is 0. The molecule has 1 atom stereocenters. The minimum absolute atomic E-state index is 0. The highest BCUT2D eigenvalue weighted by molar-refractivity contribution is 5.86. The first-order valence-corrected chi connectivity index (χ1v) is 9.52. The summed E-state index contributed by atoms with van der Waals surface area (Å²) in [6.07, 6.45) is 2.45. The van der Waals surface area contributed by atoms with Gasteiger partial charge in [0.15, 0.2) is 0 Å². The van der Waals surface area contributed by atoms with E-state index in [4.69, 9.17) is 5.11 Å². The van der Waals surface area contributed by atoms with Crippen molar-refractivity contribution in [3.05, 3.63) is 0 Å². The fourth-order valence-corrected chi connectivity index (χ4v) is 4.21. The topological polar surface area (TPSA) is 88.1 Å². The maximum Gasteiger partial charge on any atom is 0.305 e. The van der Waals surface area contributed by atoms with Gasteiger partial charge in [0.1, 0.15) is 0 Å². The van der Waals surface area contributed by atoms with Gasteiger partial charge in [0.05, 0.1) is 19.0 Å². The Labute approximate surface area is 198 Å². The van der Waals surface area contributed by atoms with Crippen LogP contribution in [0.3, 0.4) is 0 Å². The lowest BCUT2D eigenvalue weighted by Gasteiger charge is -2.42. The van der Waals surface area contributed by atoms with Crippen molar-refractivity contribution >= 4 is 61.5 Å². The molecular weight excluding hydrogens is 464 g/mol. The van der Waals surface area contributed by atoms with E-state index in [1.165, 1.54) is 12.8 Å². The van der Waals surface area contributed by atoms with Crippen LogP contribution in [0.5, 0.6) is 0 Å². The lowest BCUT2D eigenvalue weighted by molar-refractivity contribution is -0.142. The van der Waals surface area contributed by atoms with Crippen molar-refractivity contribution in [2.45, 2.75) is 31.3 Å². The van der Waals surface area contributed by atoms with Gasteiger partial charge in [-0.25, -0.2) is 0 Å². The summed E-state index contributed by atoms with van der Waals surface area (Å²) in [5, 5.41) is 15.7. The van der Waals surface area contributed by atoms with Crippen molar-refractivity contribution in [3.63, 3.8) is 0 Å². The summed E-state index contributed by atoms with van der Waals surface area (Å²) in [5.74, 6) is -0.773. The Bertz CT molecular complexity index is 478. The van der Waals surface area contributed by atoms with Crippen LogP contribution in [-0.4, -0.2) is 109 Å². The number of hydrogen-bond donors (Lipinski definition) is 3. The van der Waals surface area contributed by atoms with Crippen LogP contribution in [0.4, 0.5) is 0 Å². The van der Waals surface area contributed by atoms with Gasteiger partial charge in [0.25, 0.3) is 0 Å². The van der Waals surface area contributed by atoms with E-state index in [9.17, 15) is 9.59 Å². The minimum atomic E-state index is -0.845. The number of carbonyl (C=O) groups excluding carboxylic acids is 1. The third-order valence-electron chi connectivity index (χ3n) is 5.67. The van der Waals surface area contributed by atoms with Crippen molar-refractivity contribution in [2.24, 2.45) is 0 Å². The second-order valence-corrected chi connectivity index (χ2v) is 7.34. The van der Waals surface area contributed by atoms with Crippen molar-refractivity contribution in [2.75, 3.05) is 65.4 Å². The molecular formula is C17H35Cl4N5O3. The molecule has 8 nitrogen and oxygen atoms in total. The molecule has 0 radical (unpaired) electrons. The number of nitrogens with zero attached hydrogens (tertiary/aromatic N) is 3. The summed E-state index contributed by atoms with van der Waals surface area (Å²) in [7, 11) is 0. The molecule has 0 aromatic rings. The van der Waals surface area contributed by atoms with Gasteiger partial charge < -0.3 is 20.6 Å². The summed E-state index contributed by atoms with van der Waals surface area (Å²) in [6, 6.07) is 0.460. The lowest BCUT2D eigenvalue weighted by atomic mass is 10.0. The fraction of sp³-hybridized carbons (Fsp3) is 0.882. The zero-order valence-corrected chi connectivity index (χ0v) is 19.9. The fourth-order valence-electron chi connectivity index (χ4n) is 4.21. The number of amides is 1. The van der Waals surface area contributed by atoms with Gasteiger partial charge in [0, 0.05) is 51.9 Å². The van der Waals surface area contributed by atoms with E-state index in [0.29, 0.717) is 25.7 Å². The van der Waals surface area contributed by atoms with E-state index in [1.54, 1.807) is 4.90 Å². The first-order valence-electron chi connectivity index (χ1n) is 9.52. The third-order valence-corrected chi connectivity index (χ3v) is 5.67. The van der Waals surface area contributed by atoms with Gasteiger partial charge in [-0.3, -0.25) is 19.4 Å². The smallest absolute Gasteiger partial charge is 0.305 e. The molecule has 3 saturated heterocycles. The average Bonchev–Trinajstić information content (AvgIpc) is 2.63. The second kappa shape index (κ2) is 15.7. The second-order valence-electron chi connectivity index (χ2n) is 7.34. The molecule has 3 rings (SSSR count). The summed E-state index contributed by atoms with van der Waals surface area (Å²) < 4.78 is 0. The Morgan fingerprint density at radius 3 is 2.07 bits per heavy atom.